The Bertz CT molecular complexity index is 244. The molecule has 0 aromatic rings. The zero-order valence-corrected chi connectivity index (χ0v) is 9.11. The average Bonchev–Trinajstić information content (AvgIpc) is 1.95. The second-order valence-electron chi connectivity index (χ2n) is 4.68. The highest BCUT2D eigenvalue weighted by Gasteiger charge is 2.40. The van der Waals surface area contributed by atoms with E-state index < -0.39 is 11.7 Å². The number of carbonyl (C=O) groups is 2. The van der Waals surface area contributed by atoms with Gasteiger partial charge in [0.15, 0.2) is 0 Å². The number of rotatable bonds is 1. The van der Waals surface area contributed by atoms with Gasteiger partial charge in [-0.05, 0) is 34.1 Å². The molecule has 4 heteroatoms. The van der Waals surface area contributed by atoms with Crippen LogP contribution in [0.3, 0.4) is 0 Å². The van der Waals surface area contributed by atoms with Gasteiger partial charge >= 0.3 is 6.09 Å². The van der Waals surface area contributed by atoms with Gasteiger partial charge in [0.25, 0.3) is 0 Å². The normalized spacial score (nSPS) is 26.7. The summed E-state index contributed by atoms with van der Waals surface area (Å²) in [5.74, 6) is 0. The average molecular weight is 199 g/mol. The largest absolute Gasteiger partial charge is 0.444 e. The molecule has 0 bridgehead atoms. The van der Waals surface area contributed by atoms with Crippen LogP contribution in [0.1, 0.15) is 34.1 Å². The monoisotopic (exact) mass is 199 g/mol. The zero-order valence-electron chi connectivity index (χ0n) is 9.11. The minimum absolute atomic E-state index is 0.111. The van der Waals surface area contributed by atoms with Gasteiger partial charge in [0.2, 0.25) is 0 Å². The van der Waals surface area contributed by atoms with Crippen molar-refractivity contribution in [3.8, 4) is 0 Å². The molecule has 2 atom stereocenters. The van der Waals surface area contributed by atoms with Crippen LogP contribution in [0.4, 0.5) is 4.79 Å². The number of amides is 1. The maximum Gasteiger partial charge on any atom is 0.411 e. The van der Waals surface area contributed by atoms with Gasteiger partial charge in [-0.15, -0.1) is 0 Å². The van der Waals surface area contributed by atoms with Crippen LogP contribution >= 0.6 is 0 Å². The lowest BCUT2D eigenvalue weighted by Gasteiger charge is -2.44. The molecule has 0 aliphatic carbocycles. The first-order chi connectivity index (χ1) is 6.35. The molecular formula is C10H17NO3. The van der Waals surface area contributed by atoms with Gasteiger partial charge in [-0.1, -0.05) is 0 Å². The smallest absolute Gasteiger partial charge is 0.411 e. The molecule has 2 unspecified atom stereocenters. The first-order valence-electron chi connectivity index (χ1n) is 4.82. The van der Waals surface area contributed by atoms with Crippen molar-refractivity contribution in [2.45, 2.75) is 51.8 Å². The minimum Gasteiger partial charge on any atom is -0.444 e. The summed E-state index contributed by atoms with van der Waals surface area (Å²) in [5, 5.41) is 0. The van der Waals surface area contributed by atoms with Crippen molar-refractivity contribution < 1.29 is 14.3 Å². The number of hydrogen-bond acceptors (Lipinski definition) is 3. The van der Waals surface area contributed by atoms with E-state index in [-0.39, 0.29) is 12.1 Å². The minimum atomic E-state index is -0.500. The highest BCUT2D eigenvalue weighted by atomic mass is 16.6. The first-order valence-corrected chi connectivity index (χ1v) is 4.82. The topological polar surface area (TPSA) is 46.6 Å². The van der Waals surface area contributed by atoms with Gasteiger partial charge in [-0.3, -0.25) is 4.90 Å². The van der Waals surface area contributed by atoms with Gasteiger partial charge in [-0.25, -0.2) is 4.79 Å². The predicted octanol–water partition coefficient (Wildman–Crippen LogP) is 1.58. The van der Waals surface area contributed by atoms with Gasteiger partial charge < -0.3 is 9.53 Å². The van der Waals surface area contributed by atoms with Gasteiger partial charge in [0.1, 0.15) is 11.9 Å². The van der Waals surface area contributed by atoms with Crippen LogP contribution in [0.25, 0.3) is 0 Å². The molecule has 1 saturated heterocycles. The number of nitrogens with zero attached hydrogens (tertiary/aromatic N) is 1. The van der Waals surface area contributed by atoms with E-state index in [9.17, 15) is 9.59 Å². The summed E-state index contributed by atoms with van der Waals surface area (Å²) in [6.07, 6.45) is 1.14. The third-order valence-corrected chi connectivity index (χ3v) is 2.18. The summed E-state index contributed by atoms with van der Waals surface area (Å²) in [5.41, 5.74) is -0.500. The molecule has 0 N–H and O–H groups in total. The van der Waals surface area contributed by atoms with Crippen LogP contribution in [0, 0.1) is 0 Å². The quantitative estimate of drug-likeness (QED) is 0.602. The molecule has 1 fully saturated rings. The number of carbonyl (C=O) groups excluding carboxylic acids is 2. The van der Waals surface area contributed by atoms with Gasteiger partial charge in [-0.2, -0.15) is 0 Å². The Kier molecular flexibility index (Phi) is 2.83. The summed E-state index contributed by atoms with van der Waals surface area (Å²) in [6.45, 7) is 7.34. The Morgan fingerprint density at radius 2 is 2.07 bits per heavy atom. The van der Waals surface area contributed by atoms with Crippen molar-refractivity contribution in [3.05, 3.63) is 0 Å². The van der Waals surface area contributed by atoms with E-state index in [0.29, 0.717) is 0 Å². The summed E-state index contributed by atoms with van der Waals surface area (Å²) in [4.78, 5) is 23.6. The molecule has 1 rings (SSSR count). The van der Waals surface area contributed by atoms with Crippen molar-refractivity contribution in [2.24, 2.45) is 0 Å². The molecule has 1 aliphatic rings. The van der Waals surface area contributed by atoms with Crippen molar-refractivity contribution in [1.29, 1.82) is 0 Å². The molecule has 0 aromatic heterocycles. The van der Waals surface area contributed by atoms with Crippen LogP contribution in [0.5, 0.6) is 0 Å². The van der Waals surface area contributed by atoms with E-state index in [4.69, 9.17) is 4.74 Å². The lowest BCUT2D eigenvalue weighted by Crippen LogP contribution is -2.58. The van der Waals surface area contributed by atoms with Crippen LogP contribution < -0.4 is 0 Å². The van der Waals surface area contributed by atoms with Crippen LogP contribution in [-0.4, -0.2) is 35.0 Å². The second kappa shape index (κ2) is 3.59. The number of hydrogen-bond donors (Lipinski definition) is 0. The molecule has 1 amide bonds. The second-order valence-corrected chi connectivity index (χ2v) is 4.68. The lowest BCUT2D eigenvalue weighted by molar-refractivity contribution is -0.119. The van der Waals surface area contributed by atoms with E-state index in [1.165, 1.54) is 4.90 Å². The SMILES string of the molecule is CC1CC(C=O)N1C(=O)OC(C)(C)C. The third kappa shape index (κ3) is 2.25. The van der Waals surface area contributed by atoms with E-state index in [2.05, 4.69) is 0 Å². The molecule has 1 aliphatic heterocycles. The molecule has 1 heterocycles. The maximum atomic E-state index is 11.6. The van der Waals surface area contributed by atoms with E-state index in [0.717, 1.165) is 12.7 Å². The van der Waals surface area contributed by atoms with E-state index in [1.54, 1.807) is 0 Å². The van der Waals surface area contributed by atoms with Crippen molar-refractivity contribution in [2.75, 3.05) is 0 Å². The maximum absolute atomic E-state index is 11.6. The summed E-state index contributed by atoms with van der Waals surface area (Å²) >= 11 is 0. The van der Waals surface area contributed by atoms with Crippen LogP contribution in [-0.2, 0) is 9.53 Å². The Morgan fingerprint density at radius 3 is 2.43 bits per heavy atom. The summed E-state index contributed by atoms with van der Waals surface area (Å²) in [7, 11) is 0. The summed E-state index contributed by atoms with van der Waals surface area (Å²) < 4.78 is 5.17. The van der Waals surface area contributed by atoms with Gasteiger partial charge in [0.05, 0.1) is 6.04 Å². The number of aldehydes is 1. The third-order valence-electron chi connectivity index (χ3n) is 2.18. The fourth-order valence-electron chi connectivity index (χ4n) is 1.52. The molecule has 14 heavy (non-hydrogen) atoms. The number of ether oxygens (including phenoxy) is 1. The standard InChI is InChI=1S/C10H17NO3/c1-7-5-8(6-12)11(7)9(13)14-10(2,3)4/h6-8H,5H2,1-4H3. The van der Waals surface area contributed by atoms with Crippen molar-refractivity contribution in [1.82, 2.24) is 4.90 Å². The number of likely N-dealkylation sites (tertiary alicyclic amines) is 1. The lowest BCUT2D eigenvalue weighted by atomic mass is 9.96. The van der Waals surface area contributed by atoms with Crippen LogP contribution in [0.15, 0.2) is 0 Å². The molecule has 0 spiro atoms. The van der Waals surface area contributed by atoms with E-state index >= 15 is 0 Å². The van der Waals surface area contributed by atoms with E-state index in [1.807, 2.05) is 27.7 Å². The highest BCUT2D eigenvalue weighted by Crippen LogP contribution is 2.26. The Morgan fingerprint density at radius 1 is 1.50 bits per heavy atom. The molecule has 0 aromatic carbocycles. The fourth-order valence-corrected chi connectivity index (χ4v) is 1.52. The van der Waals surface area contributed by atoms with Crippen molar-refractivity contribution in [3.63, 3.8) is 0 Å². The predicted molar refractivity (Wildman–Crippen MR) is 52.0 cm³/mol. The molecular weight excluding hydrogens is 182 g/mol. The fraction of sp³-hybridized carbons (Fsp3) is 0.800. The highest BCUT2D eigenvalue weighted by molar-refractivity contribution is 5.76. The molecule has 80 valence electrons. The van der Waals surface area contributed by atoms with Crippen LogP contribution in [0.2, 0.25) is 0 Å². The Labute approximate surface area is 84.2 Å². The van der Waals surface area contributed by atoms with Crippen molar-refractivity contribution >= 4 is 12.4 Å². The molecule has 0 radical (unpaired) electrons. The van der Waals surface area contributed by atoms with Gasteiger partial charge in [0, 0.05) is 6.04 Å². The molecule has 0 saturated carbocycles. The Balaban J connectivity index is 2.56. The first kappa shape index (κ1) is 11.0. The molecule has 4 nitrogen and oxygen atoms in total. The summed E-state index contributed by atoms with van der Waals surface area (Å²) in [6, 6.07) is -0.181. The zero-order chi connectivity index (χ0) is 10.9. The Hall–Kier alpha value is -1.06.